The molecule has 2 saturated heterocycles. The Bertz CT molecular complexity index is 2000. The Morgan fingerprint density at radius 3 is 2.58 bits per heavy atom. The van der Waals surface area contributed by atoms with E-state index < -0.39 is 32.2 Å². The van der Waals surface area contributed by atoms with Crippen LogP contribution >= 0.6 is 15.9 Å². The van der Waals surface area contributed by atoms with Gasteiger partial charge in [0.2, 0.25) is 5.91 Å². The van der Waals surface area contributed by atoms with Crippen molar-refractivity contribution in [3.05, 3.63) is 106 Å². The van der Waals surface area contributed by atoms with Gasteiger partial charge in [0.1, 0.15) is 0 Å². The number of fused-ring (bicyclic) bond motifs is 2. The topological polar surface area (TPSA) is 147 Å². The van der Waals surface area contributed by atoms with Crippen LogP contribution in [0.5, 0.6) is 0 Å². The number of halogens is 1. The van der Waals surface area contributed by atoms with Gasteiger partial charge in [-0.3, -0.25) is 24.0 Å². The predicted octanol–water partition coefficient (Wildman–Crippen LogP) is 5.23. The second kappa shape index (κ2) is 14.0. The summed E-state index contributed by atoms with van der Waals surface area (Å²) >= 11 is 3.62. The molecule has 3 aromatic carbocycles. The Morgan fingerprint density at radius 2 is 1.88 bits per heavy atom. The number of aryl methyl sites for hydroxylation is 1. The van der Waals surface area contributed by atoms with Crippen LogP contribution < -0.4 is 9.80 Å². The van der Waals surface area contributed by atoms with Crippen LogP contribution in [0.3, 0.4) is 0 Å². The highest BCUT2D eigenvalue weighted by molar-refractivity contribution is 9.10. The Morgan fingerprint density at radius 1 is 1.12 bits per heavy atom. The van der Waals surface area contributed by atoms with Crippen molar-refractivity contribution in [1.82, 2.24) is 15.0 Å². The zero-order valence-electron chi connectivity index (χ0n) is 29.5. The van der Waals surface area contributed by atoms with Gasteiger partial charge in [0, 0.05) is 46.8 Å². The molecular weight excluding hydrogens is 746 g/mol. The number of β-lactam (4-membered cyclic amide) rings is 1. The molecule has 2 fully saturated rings. The van der Waals surface area contributed by atoms with E-state index in [1.807, 2.05) is 92.9 Å². The lowest BCUT2D eigenvalue weighted by Crippen LogP contribution is -2.54. The minimum atomic E-state index is -2.91. The fourth-order valence-electron chi connectivity index (χ4n) is 8.34. The van der Waals surface area contributed by atoms with E-state index in [1.165, 1.54) is 11.8 Å². The molecule has 272 valence electrons. The molecule has 3 aliphatic heterocycles. The molecule has 52 heavy (non-hydrogen) atoms. The Hall–Kier alpha value is -4.21. The Balaban J connectivity index is 1.16. The Kier molecular flexibility index (Phi) is 9.72. The first-order valence-electron chi connectivity index (χ1n) is 17.5. The molecular formula is C38H42BrN5O7Si. The molecule has 12 nitrogen and oxygen atoms in total. The third kappa shape index (κ3) is 6.40. The van der Waals surface area contributed by atoms with Crippen LogP contribution in [0.15, 0.2) is 83.5 Å². The average Bonchev–Trinajstić information content (AvgIpc) is 3.74. The number of anilines is 2. The van der Waals surface area contributed by atoms with Gasteiger partial charge < -0.3 is 24.3 Å². The maximum atomic E-state index is 14.9. The van der Waals surface area contributed by atoms with Crippen LogP contribution in [0.2, 0.25) is 18.6 Å². The summed E-state index contributed by atoms with van der Waals surface area (Å²) in [5, 5.41) is 18.9. The number of amides is 2. The highest BCUT2D eigenvalue weighted by atomic mass is 79.9. The van der Waals surface area contributed by atoms with E-state index in [4.69, 9.17) is 9.47 Å². The maximum absolute atomic E-state index is 14.9. The summed E-state index contributed by atoms with van der Waals surface area (Å²) in [5.41, 5.74) is 2.82. The monoisotopic (exact) mass is 787 g/mol. The van der Waals surface area contributed by atoms with Gasteiger partial charge in [-0.05, 0) is 61.0 Å². The summed E-state index contributed by atoms with van der Waals surface area (Å²) in [7, 11) is -2.91. The molecule has 1 aromatic heterocycles. The zero-order chi connectivity index (χ0) is 36.9. The largest absolute Gasteiger partial charge is 0.441 e. The van der Waals surface area contributed by atoms with Crippen LogP contribution in [0.4, 0.5) is 11.4 Å². The van der Waals surface area contributed by atoms with Gasteiger partial charge in [-0.15, -0.1) is 5.10 Å². The van der Waals surface area contributed by atoms with Crippen molar-refractivity contribution in [3.63, 3.8) is 0 Å². The molecule has 2 unspecified atom stereocenters. The van der Waals surface area contributed by atoms with Crippen molar-refractivity contribution >= 4 is 53.4 Å². The molecule has 3 aliphatic rings. The van der Waals surface area contributed by atoms with Crippen LogP contribution in [-0.2, 0) is 42.5 Å². The SMILES string of the molecule is CC(=O)OC1CC(=O)N1c1cccc(CN2C(=O)[C@@]3(O[C@@H](CCn4cc(C(CO)c5ccccc5)nn4)[C@H]([Si](C)(C)O)[C@H]3C)c3cc(Br)ccc32)c1. The molecule has 0 saturated carbocycles. The summed E-state index contributed by atoms with van der Waals surface area (Å²) in [4.78, 5) is 54.0. The lowest BCUT2D eigenvalue weighted by Gasteiger charge is -2.39. The Labute approximate surface area is 311 Å². The standard InChI is InChI=1S/C38H42BrN5O7Si/c1-23-36(52(3,4)49)33(15-16-42-21-31(40-41-42)29(22-45)26-10-6-5-7-11-26)51-38(23)30-18-27(39)13-14-32(30)43(37(38)48)20-25-9-8-12-28(17-25)44-34(47)19-35(44)50-24(2)46/h5-14,17-18,21,23,29,33,35-36,45,49H,15-16,19-20,22H2,1-4H3/t23-,29?,33+,35?,36-,38+/m1/s1. The van der Waals surface area contributed by atoms with Gasteiger partial charge in [0.25, 0.3) is 5.91 Å². The van der Waals surface area contributed by atoms with E-state index in [2.05, 4.69) is 26.2 Å². The number of carbonyl (C=O) groups excluding carboxylic acids is 3. The fourth-order valence-corrected chi connectivity index (χ4v) is 11.3. The van der Waals surface area contributed by atoms with Gasteiger partial charge >= 0.3 is 5.97 Å². The van der Waals surface area contributed by atoms with Crippen molar-refractivity contribution in [2.45, 2.75) is 82.3 Å². The number of hydrogen-bond donors (Lipinski definition) is 2. The first-order chi connectivity index (χ1) is 24.8. The number of aromatic nitrogens is 3. The number of rotatable bonds is 11. The molecule has 4 aromatic rings. The number of benzene rings is 3. The molecule has 2 amide bonds. The van der Waals surface area contributed by atoms with E-state index in [0.29, 0.717) is 24.3 Å². The number of hydrogen-bond acceptors (Lipinski definition) is 9. The summed E-state index contributed by atoms with van der Waals surface area (Å²) < 4.78 is 14.9. The molecule has 14 heteroatoms. The summed E-state index contributed by atoms with van der Waals surface area (Å²) in [6, 6.07) is 22.8. The normalized spacial score (nSPS) is 24.7. The number of aliphatic hydroxyl groups is 1. The molecule has 0 aliphatic carbocycles. The van der Waals surface area contributed by atoms with E-state index in [1.54, 1.807) is 15.6 Å². The highest BCUT2D eigenvalue weighted by Crippen LogP contribution is 2.60. The lowest BCUT2D eigenvalue weighted by molar-refractivity contribution is -0.154. The van der Waals surface area contributed by atoms with E-state index in [-0.39, 0.29) is 48.8 Å². The molecule has 7 rings (SSSR count). The molecule has 0 bridgehead atoms. The van der Waals surface area contributed by atoms with Gasteiger partial charge in [0.05, 0.1) is 43.0 Å². The van der Waals surface area contributed by atoms with E-state index in [9.17, 15) is 24.3 Å². The number of carbonyl (C=O) groups is 3. The lowest BCUT2D eigenvalue weighted by atomic mass is 9.82. The smallest absolute Gasteiger partial charge is 0.304 e. The first-order valence-corrected chi connectivity index (χ1v) is 21.3. The minimum Gasteiger partial charge on any atom is -0.441 e. The molecule has 2 N–H and O–H groups in total. The van der Waals surface area contributed by atoms with Gasteiger partial charge in [-0.25, -0.2) is 0 Å². The quantitative estimate of drug-likeness (QED) is 0.119. The average molecular weight is 789 g/mol. The van der Waals surface area contributed by atoms with Crippen LogP contribution in [0, 0.1) is 5.92 Å². The van der Waals surface area contributed by atoms with Crippen molar-refractivity contribution in [2.24, 2.45) is 5.92 Å². The third-order valence-electron chi connectivity index (χ3n) is 10.6. The van der Waals surface area contributed by atoms with Gasteiger partial charge in [-0.2, -0.15) is 0 Å². The minimum absolute atomic E-state index is 0.107. The predicted molar refractivity (Wildman–Crippen MR) is 199 cm³/mol. The number of ether oxygens (including phenoxy) is 2. The van der Waals surface area contributed by atoms with Crippen molar-refractivity contribution in [1.29, 1.82) is 0 Å². The van der Waals surface area contributed by atoms with Gasteiger partial charge in [0.15, 0.2) is 20.1 Å². The summed E-state index contributed by atoms with van der Waals surface area (Å²) in [5.74, 6) is -1.49. The van der Waals surface area contributed by atoms with Crippen LogP contribution in [-0.4, -0.2) is 69.9 Å². The van der Waals surface area contributed by atoms with Crippen LogP contribution in [0.1, 0.15) is 55.0 Å². The van der Waals surface area contributed by atoms with Gasteiger partial charge in [-0.1, -0.05) is 70.5 Å². The number of nitrogens with zero attached hydrogens (tertiary/aromatic N) is 5. The van der Waals surface area contributed by atoms with E-state index in [0.717, 1.165) is 26.9 Å². The second-order valence-corrected chi connectivity index (χ2v) is 19.3. The second-order valence-electron chi connectivity index (χ2n) is 14.5. The van der Waals surface area contributed by atoms with Crippen molar-refractivity contribution in [2.75, 3.05) is 16.4 Å². The number of aliphatic hydroxyl groups excluding tert-OH is 1. The van der Waals surface area contributed by atoms with Crippen LogP contribution in [0.25, 0.3) is 0 Å². The summed E-state index contributed by atoms with van der Waals surface area (Å²) in [6.07, 6.45) is 1.33. The summed E-state index contributed by atoms with van der Waals surface area (Å²) in [6.45, 7) is 7.66. The molecule has 4 heterocycles. The third-order valence-corrected chi connectivity index (χ3v) is 13.6. The molecule has 1 spiro atoms. The number of esters is 1. The molecule has 0 radical (unpaired) electrons. The highest BCUT2D eigenvalue weighted by Gasteiger charge is 2.66. The zero-order valence-corrected chi connectivity index (χ0v) is 32.1. The maximum Gasteiger partial charge on any atom is 0.304 e. The first kappa shape index (κ1) is 36.2. The van der Waals surface area contributed by atoms with E-state index >= 15 is 0 Å². The molecule has 6 atom stereocenters. The van der Waals surface area contributed by atoms with Crippen molar-refractivity contribution in [3.8, 4) is 0 Å². The van der Waals surface area contributed by atoms with Crippen molar-refractivity contribution < 1.29 is 33.8 Å². The fraction of sp³-hybridized carbons (Fsp3) is 0.395.